The molecule has 1 aromatic rings. The van der Waals surface area contributed by atoms with Crippen molar-refractivity contribution in [1.29, 1.82) is 0 Å². The Labute approximate surface area is 118 Å². The second kappa shape index (κ2) is 5.12. The van der Waals surface area contributed by atoms with E-state index in [0.29, 0.717) is 4.90 Å². The number of nitrogens with two attached hydrogens (primary N) is 1. The van der Waals surface area contributed by atoms with Crippen molar-refractivity contribution in [2.24, 2.45) is 0 Å². The molecule has 0 saturated carbocycles. The van der Waals surface area contributed by atoms with Crippen molar-refractivity contribution in [3.05, 3.63) is 23.8 Å². The maximum Gasteiger partial charge on any atom is 0.416 e. The molecule has 2 rings (SSSR count). The Morgan fingerprint density at radius 1 is 1.30 bits per heavy atom. The molecule has 1 fully saturated rings. The average molecular weight is 327 g/mol. The average Bonchev–Trinajstić information content (AvgIpc) is 2.53. The van der Waals surface area contributed by atoms with Crippen LogP contribution in [0.15, 0.2) is 23.1 Å². The fourth-order valence-electron chi connectivity index (χ4n) is 1.90. The van der Waals surface area contributed by atoms with Gasteiger partial charge in [0.1, 0.15) is 0 Å². The molecule has 1 aromatic carbocycles. The third-order valence-electron chi connectivity index (χ3n) is 2.89. The van der Waals surface area contributed by atoms with Gasteiger partial charge in [-0.1, -0.05) is 0 Å². The molecule has 4 nitrogen and oxygen atoms in total. The number of thioether (sulfide) groups is 1. The number of nitrogen functional groups attached to an aromatic ring is 1. The summed E-state index contributed by atoms with van der Waals surface area (Å²) in [5.74, 6) is -0.537. The van der Waals surface area contributed by atoms with Crippen molar-refractivity contribution in [2.45, 2.75) is 22.4 Å². The van der Waals surface area contributed by atoms with Crippen LogP contribution in [0, 0.1) is 0 Å². The van der Waals surface area contributed by atoms with E-state index >= 15 is 0 Å². The molecule has 1 aliphatic heterocycles. The van der Waals surface area contributed by atoms with Crippen LogP contribution in [0.3, 0.4) is 0 Å². The van der Waals surface area contributed by atoms with Gasteiger partial charge in [0.2, 0.25) is 0 Å². The predicted molar refractivity (Wildman–Crippen MR) is 70.2 cm³/mol. The first-order valence-corrected chi connectivity index (χ1v) is 8.30. The number of aliphatic hydroxyl groups is 1. The first-order chi connectivity index (χ1) is 9.08. The highest BCUT2D eigenvalue weighted by Gasteiger charge is 2.37. The Morgan fingerprint density at radius 3 is 2.40 bits per heavy atom. The van der Waals surface area contributed by atoms with Crippen molar-refractivity contribution in [3.8, 4) is 0 Å². The molecule has 2 unspecified atom stereocenters. The van der Waals surface area contributed by atoms with Crippen LogP contribution in [0.2, 0.25) is 0 Å². The van der Waals surface area contributed by atoms with E-state index in [2.05, 4.69) is 0 Å². The van der Waals surface area contributed by atoms with E-state index in [1.54, 1.807) is 0 Å². The number of aliphatic hydroxyl groups excluding tert-OH is 1. The van der Waals surface area contributed by atoms with Gasteiger partial charge in [-0.2, -0.15) is 13.2 Å². The summed E-state index contributed by atoms with van der Waals surface area (Å²) in [6.07, 6.45) is -5.51. The summed E-state index contributed by atoms with van der Waals surface area (Å²) in [6, 6.07) is 2.88. The van der Waals surface area contributed by atoms with Crippen molar-refractivity contribution in [2.75, 3.05) is 17.2 Å². The molecule has 0 aromatic heterocycles. The van der Waals surface area contributed by atoms with Crippen molar-refractivity contribution >= 4 is 27.3 Å². The third kappa shape index (κ3) is 3.39. The van der Waals surface area contributed by atoms with Crippen LogP contribution in [0.5, 0.6) is 0 Å². The van der Waals surface area contributed by atoms with Gasteiger partial charge in [-0.15, -0.1) is 11.8 Å². The number of halogens is 3. The number of anilines is 1. The van der Waals surface area contributed by atoms with Crippen molar-refractivity contribution < 1.29 is 26.7 Å². The lowest BCUT2D eigenvalue weighted by Crippen LogP contribution is -2.20. The third-order valence-corrected chi connectivity index (χ3v) is 6.22. The van der Waals surface area contributed by atoms with Gasteiger partial charge in [-0.25, -0.2) is 8.42 Å². The standard InChI is InChI=1S/C11H12F3NO3S2/c12-11(13,14)6-1-2-9(7(15)3-6)19-10-5-20(17,18)4-8(10)16/h1-3,8,10,16H,4-5,15H2. The molecule has 1 aliphatic rings. The molecule has 0 radical (unpaired) electrons. The number of hydrogen-bond donors (Lipinski definition) is 2. The lowest BCUT2D eigenvalue weighted by molar-refractivity contribution is -0.137. The summed E-state index contributed by atoms with van der Waals surface area (Å²) >= 11 is 0.986. The summed E-state index contributed by atoms with van der Waals surface area (Å²) in [7, 11) is -3.30. The van der Waals surface area contributed by atoms with E-state index in [4.69, 9.17) is 5.73 Å². The Hall–Kier alpha value is -0.930. The lowest BCUT2D eigenvalue weighted by atomic mass is 10.2. The van der Waals surface area contributed by atoms with Crippen LogP contribution in [0.25, 0.3) is 0 Å². The van der Waals surface area contributed by atoms with Crippen LogP contribution in [-0.4, -0.2) is 36.4 Å². The molecule has 0 amide bonds. The maximum atomic E-state index is 12.5. The first-order valence-electron chi connectivity index (χ1n) is 5.60. The number of benzene rings is 1. The monoisotopic (exact) mass is 327 g/mol. The molecule has 1 saturated heterocycles. The molecule has 0 spiro atoms. The number of hydrogen-bond acceptors (Lipinski definition) is 5. The molecular formula is C11H12F3NO3S2. The van der Waals surface area contributed by atoms with E-state index in [1.165, 1.54) is 6.07 Å². The van der Waals surface area contributed by atoms with Gasteiger partial charge in [0.05, 0.1) is 28.4 Å². The molecule has 2 atom stereocenters. The topological polar surface area (TPSA) is 80.4 Å². The second-order valence-corrected chi connectivity index (χ2v) is 7.99. The van der Waals surface area contributed by atoms with Crippen LogP contribution in [0.1, 0.15) is 5.56 Å². The quantitative estimate of drug-likeness (QED) is 0.806. The Morgan fingerprint density at radius 2 is 1.95 bits per heavy atom. The van der Waals surface area contributed by atoms with E-state index in [-0.39, 0.29) is 17.2 Å². The normalized spacial score (nSPS) is 25.8. The SMILES string of the molecule is Nc1cc(C(F)(F)F)ccc1SC1CS(=O)(=O)CC1O. The Balaban J connectivity index is 2.19. The smallest absolute Gasteiger partial charge is 0.398 e. The lowest BCUT2D eigenvalue weighted by Gasteiger charge is -2.15. The van der Waals surface area contributed by atoms with Crippen molar-refractivity contribution in [1.82, 2.24) is 0 Å². The second-order valence-electron chi connectivity index (χ2n) is 4.55. The summed E-state index contributed by atoms with van der Waals surface area (Å²) in [5, 5.41) is 9.03. The summed E-state index contributed by atoms with van der Waals surface area (Å²) in [6.45, 7) is 0. The van der Waals surface area contributed by atoms with Gasteiger partial charge in [0, 0.05) is 10.6 Å². The molecule has 20 heavy (non-hydrogen) atoms. The molecule has 9 heteroatoms. The summed E-state index contributed by atoms with van der Waals surface area (Å²) in [4.78, 5) is 0.333. The van der Waals surface area contributed by atoms with Gasteiger partial charge in [-0.3, -0.25) is 0 Å². The zero-order valence-corrected chi connectivity index (χ0v) is 11.7. The summed E-state index contributed by atoms with van der Waals surface area (Å²) in [5.41, 5.74) is 4.61. The molecule has 1 heterocycles. The number of alkyl halides is 3. The Bertz CT molecular complexity index is 616. The van der Waals surface area contributed by atoms with Gasteiger partial charge >= 0.3 is 6.18 Å². The molecular weight excluding hydrogens is 315 g/mol. The van der Waals surface area contributed by atoms with Crippen LogP contribution >= 0.6 is 11.8 Å². The zero-order valence-electron chi connectivity index (χ0n) is 10.1. The molecule has 3 N–H and O–H groups in total. The first kappa shape index (κ1) is 15.5. The molecule has 112 valence electrons. The van der Waals surface area contributed by atoms with E-state index in [0.717, 1.165) is 23.9 Å². The van der Waals surface area contributed by atoms with Gasteiger partial charge < -0.3 is 10.8 Å². The zero-order chi connectivity index (χ0) is 15.1. The van der Waals surface area contributed by atoms with Crippen LogP contribution in [0.4, 0.5) is 18.9 Å². The largest absolute Gasteiger partial charge is 0.416 e. The Kier molecular flexibility index (Phi) is 3.96. The van der Waals surface area contributed by atoms with E-state index in [1.807, 2.05) is 0 Å². The minimum Gasteiger partial charge on any atom is -0.398 e. The maximum absolute atomic E-state index is 12.5. The van der Waals surface area contributed by atoms with Gasteiger partial charge in [-0.05, 0) is 18.2 Å². The van der Waals surface area contributed by atoms with E-state index in [9.17, 15) is 26.7 Å². The number of sulfone groups is 1. The minimum atomic E-state index is -4.48. The number of rotatable bonds is 2. The highest BCUT2D eigenvalue weighted by molar-refractivity contribution is 8.02. The molecule has 0 aliphatic carbocycles. The van der Waals surface area contributed by atoms with Gasteiger partial charge in [0.15, 0.2) is 9.84 Å². The predicted octanol–water partition coefficient (Wildman–Crippen LogP) is 1.54. The highest BCUT2D eigenvalue weighted by atomic mass is 32.2. The fraction of sp³-hybridized carbons (Fsp3) is 0.455. The van der Waals surface area contributed by atoms with Crippen LogP contribution in [-0.2, 0) is 16.0 Å². The van der Waals surface area contributed by atoms with Gasteiger partial charge in [0.25, 0.3) is 0 Å². The van der Waals surface area contributed by atoms with E-state index < -0.39 is 32.9 Å². The van der Waals surface area contributed by atoms with Crippen LogP contribution < -0.4 is 5.73 Å². The minimum absolute atomic E-state index is 0.0821. The summed E-state index contributed by atoms with van der Waals surface area (Å²) < 4.78 is 60.2. The highest BCUT2D eigenvalue weighted by Crippen LogP contribution is 2.37. The van der Waals surface area contributed by atoms with Crippen molar-refractivity contribution in [3.63, 3.8) is 0 Å². The fourth-order valence-corrected chi connectivity index (χ4v) is 5.45. The molecule has 0 bridgehead atoms.